The second-order valence-electron chi connectivity index (χ2n) is 3.70. The second kappa shape index (κ2) is 5.68. The monoisotopic (exact) mass is 255 g/mol. The summed E-state index contributed by atoms with van der Waals surface area (Å²) in [5.41, 5.74) is 1.32. The minimum Gasteiger partial charge on any atom is -0.468 e. The van der Waals surface area contributed by atoms with Gasteiger partial charge in [0.05, 0.1) is 7.11 Å². The number of hydrogen-bond acceptors (Lipinski definition) is 3. The lowest BCUT2D eigenvalue weighted by atomic mass is 10.1. The summed E-state index contributed by atoms with van der Waals surface area (Å²) in [5.74, 6) is -0.693. The van der Waals surface area contributed by atoms with Gasteiger partial charge in [0.25, 0.3) is 5.91 Å². The summed E-state index contributed by atoms with van der Waals surface area (Å²) in [6, 6.07) is 4.99. The molecule has 0 N–H and O–H groups in total. The highest BCUT2D eigenvalue weighted by molar-refractivity contribution is 6.31. The summed E-state index contributed by atoms with van der Waals surface area (Å²) >= 11 is 5.87. The largest absolute Gasteiger partial charge is 0.468 e. The molecule has 0 heterocycles. The predicted octanol–water partition coefficient (Wildman–Crippen LogP) is 1.89. The van der Waals surface area contributed by atoms with Crippen LogP contribution in [0.1, 0.15) is 15.9 Å². The zero-order valence-electron chi connectivity index (χ0n) is 9.99. The smallest absolute Gasteiger partial charge is 0.325 e. The van der Waals surface area contributed by atoms with E-state index >= 15 is 0 Å². The Morgan fingerprint density at radius 3 is 2.59 bits per heavy atom. The summed E-state index contributed by atoms with van der Waals surface area (Å²) < 4.78 is 4.50. The molecule has 0 spiro atoms. The lowest BCUT2D eigenvalue weighted by Gasteiger charge is -2.16. The van der Waals surface area contributed by atoms with Crippen LogP contribution in [0.4, 0.5) is 0 Å². The van der Waals surface area contributed by atoms with Gasteiger partial charge in [0.1, 0.15) is 6.54 Å². The average Bonchev–Trinajstić information content (AvgIpc) is 2.31. The van der Waals surface area contributed by atoms with Gasteiger partial charge in [-0.1, -0.05) is 11.6 Å². The maximum Gasteiger partial charge on any atom is 0.325 e. The van der Waals surface area contributed by atoms with Crippen LogP contribution in [0.25, 0.3) is 0 Å². The molecule has 5 heteroatoms. The van der Waals surface area contributed by atoms with E-state index in [1.807, 2.05) is 6.92 Å². The van der Waals surface area contributed by atoms with Gasteiger partial charge >= 0.3 is 5.97 Å². The van der Waals surface area contributed by atoms with Crippen molar-refractivity contribution in [2.45, 2.75) is 6.92 Å². The maximum atomic E-state index is 11.9. The van der Waals surface area contributed by atoms with Crippen LogP contribution in [-0.2, 0) is 9.53 Å². The average molecular weight is 256 g/mol. The van der Waals surface area contributed by atoms with Crippen molar-refractivity contribution in [2.75, 3.05) is 20.7 Å². The Labute approximate surface area is 105 Å². The molecular formula is C12H14ClNO3. The molecule has 1 rings (SSSR count). The maximum absolute atomic E-state index is 11.9. The Morgan fingerprint density at radius 2 is 2.06 bits per heavy atom. The Hall–Kier alpha value is -1.55. The Morgan fingerprint density at radius 1 is 1.41 bits per heavy atom. The van der Waals surface area contributed by atoms with Crippen molar-refractivity contribution >= 4 is 23.5 Å². The minimum absolute atomic E-state index is 0.0724. The number of carbonyl (C=O) groups is 2. The quantitative estimate of drug-likeness (QED) is 0.775. The van der Waals surface area contributed by atoms with E-state index in [1.165, 1.54) is 12.0 Å². The van der Waals surface area contributed by atoms with E-state index in [-0.39, 0.29) is 12.5 Å². The molecule has 0 aromatic heterocycles. The van der Waals surface area contributed by atoms with Gasteiger partial charge in [-0.05, 0) is 30.7 Å². The first-order valence-corrected chi connectivity index (χ1v) is 5.42. The van der Waals surface area contributed by atoms with E-state index in [1.54, 1.807) is 25.2 Å². The number of rotatable bonds is 3. The number of amides is 1. The normalized spacial score (nSPS) is 9.88. The molecule has 4 nitrogen and oxygen atoms in total. The number of carbonyl (C=O) groups excluding carboxylic acids is 2. The molecule has 17 heavy (non-hydrogen) atoms. The number of benzene rings is 1. The third kappa shape index (κ3) is 3.46. The van der Waals surface area contributed by atoms with Crippen LogP contribution < -0.4 is 0 Å². The molecule has 0 saturated carbocycles. The lowest BCUT2D eigenvalue weighted by Crippen LogP contribution is -2.32. The van der Waals surface area contributed by atoms with Crippen LogP contribution in [0.5, 0.6) is 0 Å². The molecule has 0 saturated heterocycles. The molecule has 1 aromatic carbocycles. The Kier molecular flexibility index (Phi) is 4.52. The van der Waals surface area contributed by atoms with E-state index in [0.717, 1.165) is 5.56 Å². The van der Waals surface area contributed by atoms with Crippen LogP contribution in [-0.4, -0.2) is 37.5 Å². The van der Waals surface area contributed by atoms with E-state index in [9.17, 15) is 9.59 Å². The minimum atomic E-state index is -0.452. The van der Waals surface area contributed by atoms with Crippen molar-refractivity contribution in [3.63, 3.8) is 0 Å². The number of esters is 1. The summed E-state index contributed by atoms with van der Waals surface area (Å²) in [4.78, 5) is 24.3. The number of ether oxygens (including phenoxy) is 1. The molecule has 0 atom stereocenters. The highest BCUT2D eigenvalue weighted by atomic mass is 35.5. The van der Waals surface area contributed by atoms with Gasteiger partial charge in [0.15, 0.2) is 0 Å². The molecule has 92 valence electrons. The highest BCUT2D eigenvalue weighted by Gasteiger charge is 2.15. The fourth-order valence-electron chi connectivity index (χ4n) is 1.33. The van der Waals surface area contributed by atoms with Crippen molar-refractivity contribution < 1.29 is 14.3 Å². The van der Waals surface area contributed by atoms with Crippen molar-refractivity contribution in [2.24, 2.45) is 0 Å². The van der Waals surface area contributed by atoms with Gasteiger partial charge in [-0.25, -0.2) is 0 Å². The summed E-state index contributed by atoms with van der Waals surface area (Å²) in [6.45, 7) is 1.75. The Balaban J connectivity index is 2.81. The topological polar surface area (TPSA) is 46.6 Å². The van der Waals surface area contributed by atoms with E-state index < -0.39 is 5.97 Å². The zero-order valence-corrected chi connectivity index (χ0v) is 10.7. The molecule has 0 fully saturated rings. The molecule has 0 aliphatic heterocycles. The van der Waals surface area contributed by atoms with Crippen LogP contribution in [0, 0.1) is 6.92 Å². The molecule has 1 aromatic rings. The van der Waals surface area contributed by atoms with Gasteiger partial charge in [-0.2, -0.15) is 0 Å². The number of nitrogens with zero attached hydrogens (tertiary/aromatic N) is 1. The van der Waals surface area contributed by atoms with Crippen LogP contribution in [0.2, 0.25) is 5.02 Å². The van der Waals surface area contributed by atoms with Gasteiger partial charge in [0, 0.05) is 17.6 Å². The summed E-state index contributed by atoms with van der Waals surface area (Å²) in [7, 11) is 2.83. The van der Waals surface area contributed by atoms with Crippen molar-refractivity contribution in [3.8, 4) is 0 Å². The fourth-order valence-corrected chi connectivity index (χ4v) is 1.45. The molecule has 1 amide bonds. The number of halogens is 1. The highest BCUT2D eigenvalue weighted by Crippen LogP contribution is 2.17. The Bertz CT molecular complexity index is 445. The SMILES string of the molecule is COC(=O)CN(C)C(=O)c1ccc(Cl)c(C)c1. The lowest BCUT2D eigenvalue weighted by molar-refractivity contribution is -0.141. The standard InChI is InChI=1S/C12H14ClNO3/c1-8-6-9(4-5-10(8)13)12(16)14(2)7-11(15)17-3/h4-6H,7H2,1-3H3. The molecule has 0 bridgehead atoms. The summed E-state index contributed by atoms with van der Waals surface area (Å²) in [5, 5.41) is 0.608. The molecule has 0 radical (unpaired) electrons. The molecule has 0 aliphatic rings. The molecular weight excluding hydrogens is 242 g/mol. The molecule has 0 unspecified atom stereocenters. The first kappa shape index (κ1) is 13.5. The van der Waals surface area contributed by atoms with Gasteiger partial charge < -0.3 is 9.64 Å². The first-order valence-electron chi connectivity index (χ1n) is 5.04. The van der Waals surface area contributed by atoms with E-state index in [2.05, 4.69) is 4.74 Å². The molecule has 0 aliphatic carbocycles. The third-order valence-corrected chi connectivity index (χ3v) is 2.77. The van der Waals surface area contributed by atoms with E-state index in [0.29, 0.717) is 10.6 Å². The van der Waals surface area contributed by atoms with Crippen molar-refractivity contribution in [1.82, 2.24) is 4.90 Å². The predicted molar refractivity (Wildman–Crippen MR) is 65.2 cm³/mol. The summed E-state index contributed by atoms with van der Waals surface area (Å²) in [6.07, 6.45) is 0. The zero-order chi connectivity index (χ0) is 13.0. The first-order chi connectivity index (χ1) is 7.95. The third-order valence-electron chi connectivity index (χ3n) is 2.35. The van der Waals surface area contributed by atoms with Crippen LogP contribution in [0.15, 0.2) is 18.2 Å². The number of likely N-dealkylation sites (N-methyl/N-ethyl adjacent to an activating group) is 1. The van der Waals surface area contributed by atoms with Gasteiger partial charge in [-0.3, -0.25) is 9.59 Å². The van der Waals surface area contributed by atoms with Crippen molar-refractivity contribution in [3.05, 3.63) is 34.3 Å². The fraction of sp³-hybridized carbons (Fsp3) is 0.333. The number of methoxy groups -OCH3 is 1. The van der Waals surface area contributed by atoms with Crippen LogP contribution >= 0.6 is 11.6 Å². The second-order valence-corrected chi connectivity index (χ2v) is 4.11. The van der Waals surface area contributed by atoms with Gasteiger partial charge in [0.2, 0.25) is 0 Å². The van der Waals surface area contributed by atoms with Crippen LogP contribution in [0.3, 0.4) is 0 Å². The number of hydrogen-bond donors (Lipinski definition) is 0. The van der Waals surface area contributed by atoms with Crippen molar-refractivity contribution in [1.29, 1.82) is 0 Å². The van der Waals surface area contributed by atoms with E-state index in [4.69, 9.17) is 11.6 Å². The van der Waals surface area contributed by atoms with Gasteiger partial charge in [-0.15, -0.1) is 0 Å². The number of aryl methyl sites for hydroxylation is 1.